The molecule has 0 aliphatic heterocycles. The molecule has 0 fully saturated rings. The van der Waals surface area contributed by atoms with Crippen LogP contribution in [-0.2, 0) is 4.74 Å². The van der Waals surface area contributed by atoms with Crippen molar-refractivity contribution in [1.82, 2.24) is 4.98 Å². The Labute approximate surface area is 93.2 Å². The summed E-state index contributed by atoms with van der Waals surface area (Å²) in [4.78, 5) is 15.9. The molecule has 84 valence electrons. The van der Waals surface area contributed by atoms with E-state index in [9.17, 15) is 4.79 Å². The molecule has 0 bridgehead atoms. The molecule has 0 unspecified atom stereocenters. The molecule has 0 spiro atoms. The minimum absolute atomic E-state index is 0.344. The normalized spacial score (nSPS) is 10.7. The molecule has 0 aliphatic carbocycles. The number of hydrogen-bond acceptors (Lipinski definition) is 4. The number of hydrogen-bond donors (Lipinski definition) is 0. The predicted molar refractivity (Wildman–Crippen MR) is 59.4 cm³/mol. The number of aryl methyl sites for hydroxylation is 2. The summed E-state index contributed by atoms with van der Waals surface area (Å²) in [6, 6.07) is 1.92. The smallest absolute Gasteiger partial charge is 0.343 e. The molecule has 2 aromatic heterocycles. The number of rotatable bonds is 2. The summed E-state index contributed by atoms with van der Waals surface area (Å²) in [7, 11) is 0. The van der Waals surface area contributed by atoms with Gasteiger partial charge < -0.3 is 9.15 Å². The Kier molecular flexibility index (Phi) is 2.64. The highest BCUT2D eigenvalue weighted by molar-refractivity contribution is 6.02. The highest BCUT2D eigenvalue weighted by Crippen LogP contribution is 2.23. The lowest BCUT2D eigenvalue weighted by Crippen LogP contribution is -2.04. The van der Waals surface area contributed by atoms with Gasteiger partial charge in [-0.15, -0.1) is 0 Å². The highest BCUT2D eigenvalue weighted by atomic mass is 16.5. The summed E-state index contributed by atoms with van der Waals surface area (Å²) < 4.78 is 10.3. The molecule has 0 atom stereocenters. The Bertz CT molecular complexity index is 542. The second kappa shape index (κ2) is 3.96. The van der Waals surface area contributed by atoms with Gasteiger partial charge in [0.2, 0.25) is 0 Å². The van der Waals surface area contributed by atoms with E-state index in [-0.39, 0.29) is 0 Å². The van der Waals surface area contributed by atoms with Crippen molar-refractivity contribution in [1.29, 1.82) is 0 Å². The van der Waals surface area contributed by atoms with Crippen LogP contribution in [0.15, 0.2) is 16.7 Å². The predicted octanol–water partition coefficient (Wildman–Crippen LogP) is 2.62. The Balaban J connectivity index is 2.60. The first-order valence-electron chi connectivity index (χ1n) is 5.16. The van der Waals surface area contributed by atoms with Crippen molar-refractivity contribution in [3.63, 3.8) is 0 Å². The van der Waals surface area contributed by atoms with E-state index in [1.807, 2.05) is 19.9 Å². The zero-order valence-electron chi connectivity index (χ0n) is 9.53. The molecular formula is C12H13NO3. The van der Waals surface area contributed by atoms with E-state index < -0.39 is 5.97 Å². The summed E-state index contributed by atoms with van der Waals surface area (Å²) in [6.45, 7) is 5.92. The van der Waals surface area contributed by atoms with E-state index in [1.54, 1.807) is 6.92 Å². The van der Waals surface area contributed by atoms with E-state index in [0.29, 0.717) is 23.3 Å². The SMILES string of the molecule is CCOC(=O)c1coc2c(C)cc(C)nc12. The van der Waals surface area contributed by atoms with E-state index >= 15 is 0 Å². The molecule has 4 nitrogen and oxygen atoms in total. The maximum Gasteiger partial charge on any atom is 0.343 e. The summed E-state index contributed by atoms with van der Waals surface area (Å²) in [5.41, 5.74) is 3.45. The third-order valence-corrected chi connectivity index (χ3v) is 2.33. The number of carbonyl (C=O) groups is 1. The largest absolute Gasteiger partial charge is 0.462 e. The van der Waals surface area contributed by atoms with Gasteiger partial charge in [-0.1, -0.05) is 0 Å². The number of ether oxygens (including phenoxy) is 1. The van der Waals surface area contributed by atoms with Crippen molar-refractivity contribution in [3.05, 3.63) is 29.2 Å². The van der Waals surface area contributed by atoms with Gasteiger partial charge in [0.25, 0.3) is 0 Å². The van der Waals surface area contributed by atoms with E-state index in [1.165, 1.54) is 6.26 Å². The monoisotopic (exact) mass is 219 g/mol. The van der Waals surface area contributed by atoms with Crippen molar-refractivity contribution in [2.75, 3.05) is 6.61 Å². The standard InChI is InChI=1S/C12H13NO3/c1-4-15-12(14)9-6-16-11-7(2)5-8(3)13-10(9)11/h5-6H,4H2,1-3H3. The van der Waals surface area contributed by atoms with Gasteiger partial charge in [-0.3, -0.25) is 0 Å². The first-order valence-corrected chi connectivity index (χ1v) is 5.16. The van der Waals surface area contributed by atoms with Gasteiger partial charge in [0.1, 0.15) is 17.3 Å². The maximum absolute atomic E-state index is 11.6. The van der Waals surface area contributed by atoms with Crippen LogP contribution < -0.4 is 0 Å². The van der Waals surface area contributed by atoms with Crippen molar-refractivity contribution >= 4 is 17.1 Å². The Hall–Kier alpha value is -1.84. The minimum Gasteiger partial charge on any atom is -0.462 e. The summed E-state index contributed by atoms with van der Waals surface area (Å²) in [6.07, 6.45) is 1.40. The van der Waals surface area contributed by atoms with Gasteiger partial charge in [-0.25, -0.2) is 9.78 Å². The molecule has 2 rings (SSSR count). The minimum atomic E-state index is -0.390. The van der Waals surface area contributed by atoms with Crippen LogP contribution in [0, 0.1) is 13.8 Å². The van der Waals surface area contributed by atoms with Gasteiger partial charge in [0.15, 0.2) is 5.58 Å². The lowest BCUT2D eigenvalue weighted by Gasteiger charge is -2.00. The molecule has 0 aliphatic rings. The van der Waals surface area contributed by atoms with Gasteiger partial charge >= 0.3 is 5.97 Å². The van der Waals surface area contributed by atoms with E-state index in [0.717, 1.165) is 11.3 Å². The van der Waals surface area contributed by atoms with Crippen LogP contribution in [0.1, 0.15) is 28.5 Å². The van der Waals surface area contributed by atoms with Gasteiger partial charge in [0, 0.05) is 5.69 Å². The van der Waals surface area contributed by atoms with Crippen LogP contribution in [0.2, 0.25) is 0 Å². The zero-order chi connectivity index (χ0) is 11.7. The average molecular weight is 219 g/mol. The lowest BCUT2D eigenvalue weighted by atomic mass is 10.2. The fourth-order valence-electron chi connectivity index (χ4n) is 1.68. The number of nitrogens with zero attached hydrogens (tertiary/aromatic N) is 1. The molecule has 4 heteroatoms. The molecular weight excluding hydrogens is 206 g/mol. The fraction of sp³-hybridized carbons (Fsp3) is 0.333. The van der Waals surface area contributed by atoms with Crippen LogP contribution in [0.4, 0.5) is 0 Å². The van der Waals surface area contributed by atoms with Crippen LogP contribution in [-0.4, -0.2) is 17.6 Å². The topological polar surface area (TPSA) is 52.3 Å². The third-order valence-electron chi connectivity index (χ3n) is 2.33. The van der Waals surface area contributed by atoms with Crippen molar-refractivity contribution < 1.29 is 13.9 Å². The number of esters is 1. The van der Waals surface area contributed by atoms with Gasteiger partial charge in [-0.05, 0) is 32.4 Å². The first kappa shape index (κ1) is 10.7. The van der Waals surface area contributed by atoms with Crippen LogP contribution in [0.5, 0.6) is 0 Å². The second-order valence-corrected chi connectivity index (χ2v) is 3.63. The van der Waals surface area contributed by atoms with Crippen molar-refractivity contribution in [2.45, 2.75) is 20.8 Å². The van der Waals surface area contributed by atoms with Gasteiger partial charge in [-0.2, -0.15) is 0 Å². The van der Waals surface area contributed by atoms with E-state index in [4.69, 9.17) is 9.15 Å². The summed E-state index contributed by atoms with van der Waals surface area (Å²) >= 11 is 0. The first-order chi connectivity index (χ1) is 7.63. The molecule has 0 N–H and O–H groups in total. The van der Waals surface area contributed by atoms with E-state index in [2.05, 4.69) is 4.98 Å². The molecule has 2 aromatic rings. The quantitative estimate of drug-likeness (QED) is 0.728. The Morgan fingerprint density at radius 2 is 2.25 bits per heavy atom. The van der Waals surface area contributed by atoms with Gasteiger partial charge in [0.05, 0.1) is 6.61 Å². The third kappa shape index (κ3) is 1.66. The zero-order valence-corrected chi connectivity index (χ0v) is 9.53. The molecule has 0 amide bonds. The van der Waals surface area contributed by atoms with Crippen LogP contribution in [0.25, 0.3) is 11.1 Å². The Morgan fingerprint density at radius 1 is 1.50 bits per heavy atom. The maximum atomic E-state index is 11.6. The number of carbonyl (C=O) groups excluding carboxylic acids is 1. The number of pyridine rings is 1. The fourth-order valence-corrected chi connectivity index (χ4v) is 1.68. The molecule has 2 heterocycles. The highest BCUT2D eigenvalue weighted by Gasteiger charge is 2.17. The molecule has 0 saturated heterocycles. The van der Waals surface area contributed by atoms with Crippen LogP contribution >= 0.6 is 0 Å². The van der Waals surface area contributed by atoms with Crippen LogP contribution in [0.3, 0.4) is 0 Å². The Morgan fingerprint density at radius 3 is 2.94 bits per heavy atom. The molecule has 16 heavy (non-hydrogen) atoms. The average Bonchev–Trinajstić information content (AvgIpc) is 2.61. The number of fused-ring (bicyclic) bond motifs is 1. The lowest BCUT2D eigenvalue weighted by molar-refractivity contribution is 0.0527. The molecule has 0 aromatic carbocycles. The summed E-state index contributed by atoms with van der Waals surface area (Å²) in [5.74, 6) is -0.390. The summed E-state index contributed by atoms with van der Waals surface area (Å²) in [5, 5.41) is 0. The van der Waals surface area contributed by atoms with Crippen molar-refractivity contribution in [2.24, 2.45) is 0 Å². The second-order valence-electron chi connectivity index (χ2n) is 3.63. The number of aromatic nitrogens is 1. The van der Waals surface area contributed by atoms with Crippen molar-refractivity contribution in [3.8, 4) is 0 Å². The molecule has 0 saturated carbocycles. The number of furan rings is 1. The molecule has 0 radical (unpaired) electrons.